The van der Waals surface area contributed by atoms with Crippen LogP contribution in [0.4, 0.5) is 0 Å². The Morgan fingerprint density at radius 1 is 1.19 bits per heavy atom. The highest BCUT2D eigenvalue weighted by atomic mass is 79.9. The van der Waals surface area contributed by atoms with Gasteiger partial charge in [0.25, 0.3) is 5.89 Å². The molecule has 1 saturated carbocycles. The molecule has 5 heteroatoms. The van der Waals surface area contributed by atoms with Crippen LogP contribution < -0.4 is 5.73 Å². The van der Waals surface area contributed by atoms with Crippen molar-refractivity contribution in [2.45, 2.75) is 51.0 Å². The van der Waals surface area contributed by atoms with Crippen molar-refractivity contribution in [3.05, 3.63) is 34.1 Å². The molecule has 0 unspecified atom stereocenters. The van der Waals surface area contributed by atoms with Crippen LogP contribution in [0, 0.1) is 6.92 Å². The highest BCUT2D eigenvalue weighted by Gasteiger charge is 2.33. The highest BCUT2D eigenvalue weighted by Crippen LogP contribution is 2.33. The molecule has 0 bridgehead atoms. The molecule has 0 aliphatic heterocycles. The van der Waals surface area contributed by atoms with Crippen LogP contribution in [0.1, 0.15) is 49.9 Å². The fourth-order valence-electron chi connectivity index (χ4n) is 2.99. The van der Waals surface area contributed by atoms with E-state index >= 15 is 0 Å². The van der Waals surface area contributed by atoms with Crippen molar-refractivity contribution in [3.8, 4) is 11.5 Å². The molecule has 1 fully saturated rings. The quantitative estimate of drug-likeness (QED) is 0.820. The van der Waals surface area contributed by atoms with E-state index < -0.39 is 5.54 Å². The van der Waals surface area contributed by atoms with Gasteiger partial charge in [0.15, 0.2) is 5.82 Å². The summed E-state index contributed by atoms with van der Waals surface area (Å²) < 4.78 is 6.52. The molecule has 0 atom stereocenters. The van der Waals surface area contributed by atoms with Gasteiger partial charge in [0.05, 0.1) is 5.54 Å². The summed E-state index contributed by atoms with van der Waals surface area (Å²) in [7, 11) is 0. The number of hydrogen-bond acceptors (Lipinski definition) is 4. The van der Waals surface area contributed by atoms with Gasteiger partial charge >= 0.3 is 0 Å². The van der Waals surface area contributed by atoms with Gasteiger partial charge in [0.1, 0.15) is 0 Å². The minimum absolute atomic E-state index is 0.429. The summed E-state index contributed by atoms with van der Waals surface area (Å²) in [5.41, 5.74) is 8.18. The maximum atomic E-state index is 6.54. The lowest BCUT2D eigenvalue weighted by Gasteiger charge is -2.23. The average molecular weight is 350 g/mol. The Labute approximate surface area is 133 Å². The molecule has 1 heterocycles. The first-order valence-corrected chi connectivity index (χ1v) is 8.27. The van der Waals surface area contributed by atoms with Gasteiger partial charge < -0.3 is 10.3 Å². The molecule has 1 aromatic heterocycles. The molecule has 2 aromatic rings. The Hall–Kier alpha value is -1.20. The fraction of sp³-hybridized carbons (Fsp3) is 0.500. The second-order valence-electron chi connectivity index (χ2n) is 5.95. The van der Waals surface area contributed by atoms with E-state index in [1.165, 1.54) is 12.8 Å². The molecule has 0 spiro atoms. The van der Waals surface area contributed by atoms with E-state index in [1.54, 1.807) is 0 Å². The molecule has 21 heavy (non-hydrogen) atoms. The molecule has 0 amide bonds. The topological polar surface area (TPSA) is 64.9 Å². The van der Waals surface area contributed by atoms with Crippen LogP contribution in [0.25, 0.3) is 11.5 Å². The number of benzene rings is 1. The normalized spacial score (nSPS) is 18.4. The number of aromatic nitrogens is 2. The van der Waals surface area contributed by atoms with Crippen molar-refractivity contribution in [2.75, 3.05) is 0 Å². The number of hydrogen-bond donors (Lipinski definition) is 1. The van der Waals surface area contributed by atoms with E-state index in [0.717, 1.165) is 41.3 Å². The Balaban J connectivity index is 1.92. The predicted octanol–water partition coefficient (Wildman–Crippen LogP) is 4.32. The van der Waals surface area contributed by atoms with Crippen LogP contribution in [0.5, 0.6) is 0 Å². The molecule has 1 aliphatic rings. The van der Waals surface area contributed by atoms with E-state index in [2.05, 4.69) is 26.1 Å². The van der Waals surface area contributed by atoms with Gasteiger partial charge in [-0.25, -0.2) is 0 Å². The smallest absolute Gasteiger partial charge is 0.258 e. The molecule has 4 nitrogen and oxygen atoms in total. The minimum atomic E-state index is -0.429. The van der Waals surface area contributed by atoms with Crippen molar-refractivity contribution in [1.82, 2.24) is 10.1 Å². The Morgan fingerprint density at radius 3 is 2.57 bits per heavy atom. The minimum Gasteiger partial charge on any atom is -0.334 e. The van der Waals surface area contributed by atoms with Gasteiger partial charge in [-0.05, 0) is 43.5 Å². The van der Waals surface area contributed by atoms with E-state index in [0.29, 0.717) is 11.7 Å². The molecule has 1 aromatic carbocycles. The summed E-state index contributed by atoms with van der Waals surface area (Å²) in [6.45, 7) is 2.04. The van der Waals surface area contributed by atoms with Crippen LogP contribution in [0.2, 0.25) is 0 Å². The average Bonchev–Trinajstić information content (AvgIpc) is 2.83. The summed E-state index contributed by atoms with van der Waals surface area (Å²) in [4.78, 5) is 4.59. The van der Waals surface area contributed by atoms with Crippen molar-refractivity contribution in [1.29, 1.82) is 0 Å². The zero-order valence-corrected chi connectivity index (χ0v) is 13.8. The predicted molar refractivity (Wildman–Crippen MR) is 85.7 cm³/mol. The Morgan fingerprint density at radius 2 is 1.90 bits per heavy atom. The number of nitrogens with two attached hydrogens (primary N) is 1. The highest BCUT2D eigenvalue weighted by molar-refractivity contribution is 9.10. The monoisotopic (exact) mass is 349 g/mol. The van der Waals surface area contributed by atoms with Crippen molar-refractivity contribution < 1.29 is 4.52 Å². The lowest BCUT2D eigenvalue weighted by Crippen LogP contribution is -2.37. The van der Waals surface area contributed by atoms with Gasteiger partial charge in [0.2, 0.25) is 0 Å². The third-order valence-corrected chi connectivity index (χ3v) is 4.78. The molecule has 112 valence electrons. The Kier molecular flexibility index (Phi) is 4.13. The fourth-order valence-corrected chi connectivity index (χ4v) is 3.46. The number of rotatable bonds is 2. The van der Waals surface area contributed by atoms with Gasteiger partial charge in [-0.15, -0.1) is 0 Å². The lowest BCUT2D eigenvalue weighted by molar-refractivity contribution is 0.334. The molecule has 3 rings (SSSR count). The number of halogens is 1. The maximum absolute atomic E-state index is 6.54. The first-order valence-electron chi connectivity index (χ1n) is 7.48. The van der Waals surface area contributed by atoms with Crippen molar-refractivity contribution in [2.24, 2.45) is 5.73 Å². The molecule has 2 N–H and O–H groups in total. The molecule has 1 aliphatic carbocycles. The maximum Gasteiger partial charge on any atom is 0.258 e. The van der Waals surface area contributed by atoms with E-state index in [9.17, 15) is 0 Å². The van der Waals surface area contributed by atoms with E-state index in [-0.39, 0.29) is 0 Å². The van der Waals surface area contributed by atoms with Crippen molar-refractivity contribution in [3.63, 3.8) is 0 Å². The largest absolute Gasteiger partial charge is 0.334 e. The third-order valence-electron chi connectivity index (χ3n) is 4.29. The zero-order valence-electron chi connectivity index (χ0n) is 12.2. The van der Waals surface area contributed by atoms with Crippen molar-refractivity contribution >= 4 is 15.9 Å². The van der Waals surface area contributed by atoms with Gasteiger partial charge in [0, 0.05) is 10.0 Å². The third kappa shape index (κ3) is 3.04. The summed E-state index contributed by atoms with van der Waals surface area (Å²) in [6.07, 6.45) is 6.64. The second kappa shape index (κ2) is 5.89. The molecule has 0 radical (unpaired) electrons. The summed E-state index contributed by atoms with van der Waals surface area (Å²) in [6, 6.07) is 6.02. The van der Waals surface area contributed by atoms with Gasteiger partial charge in [-0.2, -0.15) is 4.98 Å². The zero-order chi connectivity index (χ0) is 14.9. The van der Waals surface area contributed by atoms with Crippen LogP contribution >= 0.6 is 15.9 Å². The number of nitrogens with zero attached hydrogens (tertiary/aromatic N) is 2. The van der Waals surface area contributed by atoms with Crippen LogP contribution in [-0.4, -0.2) is 10.1 Å². The van der Waals surface area contributed by atoms with Gasteiger partial charge in [-0.1, -0.05) is 46.8 Å². The Bertz CT molecular complexity index is 630. The van der Waals surface area contributed by atoms with E-state index in [4.69, 9.17) is 10.3 Å². The van der Waals surface area contributed by atoms with Crippen LogP contribution in [-0.2, 0) is 5.54 Å². The van der Waals surface area contributed by atoms with Crippen LogP contribution in [0.15, 0.2) is 27.2 Å². The summed E-state index contributed by atoms with van der Waals surface area (Å²) >= 11 is 3.47. The second-order valence-corrected chi connectivity index (χ2v) is 6.87. The number of aryl methyl sites for hydroxylation is 1. The summed E-state index contributed by atoms with van der Waals surface area (Å²) in [5.74, 6) is 1.21. The molecule has 0 saturated heterocycles. The van der Waals surface area contributed by atoms with E-state index in [1.807, 2.05) is 25.1 Å². The standard InChI is InChI=1S/C16H20BrN3O/c1-11-10-12(17)6-7-13(11)14-19-15(20-21-14)16(18)8-4-2-3-5-9-16/h6-7,10H,2-5,8-9,18H2,1H3. The molecular weight excluding hydrogens is 330 g/mol. The SMILES string of the molecule is Cc1cc(Br)ccc1-c1nc(C2(N)CCCCCC2)no1. The summed E-state index contributed by atoms with van der Waals surface area (Å²) in [5, 5.41) is 4.17. The first kappa shape index (κ1) is 14.7. The van der Waals surface area contributed by atoms with Crippen LogP contribution in [0.3, 0.4) is 0 Å². The molecular formula is C16H20BrN3O. The van der Waals surface area contributed by atoms with Gasteiger partial charge in [-0.3, -0.25) is 0 Å². The lowest BCUT2D eigenvalue weighted by atomic mass is 9.91. The first-order chi connectivity index (χ1) is 10.1.